The Kier molecular flexibility index (Phi) is 6.07. The van der Waals surface area contributed by atoms with Gasteiger partial charge < -0.3 is 20.3 Å². The molecule has 0 bridgehead atoms. The summed E-state index contributed by atoms with van der Waals surface area (Å²) >= 11 is 0. The molecule has 18 heavy (non-hydrogen) atoms. The number of aliphatic hydroxyl groups excluding tert-OH is 1. The van der Waals surface area contributed by atoms with Crippen LogP contribution in [0.5, 0.6) is 0 Å². The average molecular weight is 259 g/mol. The number of carbonyl (C=O) groups excluding carboxylic acids is 1. The number of carboxylic acid groups (broad SMARTS) is 1. The smallest absolute Gasteiger partial charge is 0.332 e. The summed E-state index contributed by atoms with van der Waals surface area (Å²) in [6.45, 7) is 2.85. The third-order valence-electron chi connectivity index (χ3n) is 3.09. The minimum atomic E-state index is -1.41. The second kappa shape index (κ2) is 7.33. The number of carboxylic acids is 1. The van der Waals surface area contributed by atoms with Crippen molar-refractivity contribution < 1.29 is 24.5 Å². The Bertz CT molecular complexity index is 288. The van der Waals surface area contributed by atoms with Gasteiger partial charge in [-0.3, -0.25) is 4.79 Å². The molecule has 1 amide bonds. The van der Waals surface area contributed by atoms with Crippen LogP contribution in [0.2, 0.25) is 0 Å². The molecule has 1 aliphatic carbocycles. The van der Waals surface area contributed by atoms with Gasteiger partial charge in [-0.25, -0.2) is 4.79 Å². The maximum absolute atomic E-state index is 11.5. The Balaban J connectivity index is 2.03. The van der Waals surface area contributed by atoms with E-state index in [0.717, 1.165) is 12.8 Å². The number of ether oxygens (including phenoxy) is 1. The molecule has 0 saturated heterocycles. The standard InChI is InChI=1S/C12H21NO5/c1-2-18-9-5-8(6-9)7-11(15)13-4-3-10(14)12(16)17/h8-10,14H,2-7H2,1H3,(H,13,15)(H,16,17)/t8?,9?,10-/m0/s1. The first-order valence-electron chi connectivity index (χ1n) is 6.32. The van der Waals surface area contributed by atoms with Crippen molar-refractivity contribution in [2.75, 3.05) is 13.2 Å². The van der Waals surface area contributed by atoms with Gasteiger partial charge in [-0.2, -0.15) is 0 Å². The maximum Gasteiger partial charge on any atom is 0.332 e. The number of amides is 1. The molecule has 3 N–H and O–H groups in total. The SMILES string of the molecule is CCOC1CC(CC(=O)NCC[C@H](O)C(=O)O)C1. The number of hydrogen-bond donors (Lipinski definition) is 3. The first-order chi connectivity index (χ1) is 8.52. The Morgan fingerprint density at radius 3 is 2.67 bits per heavy atom. The van der Waals surface area contributed by atoms with Gasteiger partial charge in [0, 0.05) is 26.0 Å². The Morgan fingerprint density at radius 2 is 2.11 bits per heavy atom. The minimum absolute atomic E-state index is 0.0350. The lowest BCUT2D eigenvalue weighted by Gasteiger charge is -2.34. The first kappa shape index (κ1) is 14.9. The van der Waals surface area contributed by atoms with E-state index in [-0.39, 0.29) is 18.9 Å². The molecule has 0 spiro atoms. The Hall–Kier alpha value is -1.14. The van der Waals surface area contributed by atoms with Crippen LogP contribution in [-0.2, 0) is 14.3 Å². The summed E-state index contributed by atoms with van der Waals surface area (Å²) in [7, 11) is 0. The largest absolute Gasteiger partial charge is 0.479 e. The number of aliphatic carboxylic acids is 1. The molecule has 0 radical (unpaired) electrons. The molecule has 1 fully saturated rings. The van der Waals surface area contributed by atoms with Crippen molar-refractivity contribution >= 4 is 11.9 Å². The Labute approximate surface area is 106 Å². The summed E-state index contributed by atoms with van der Waals surface area (Å²) in [5.41, 5.74) is 0. The monoisotopic (exact) mass is 259 g/mol. The third-order valence-corrected chi connectivity index (χ3v) is 3.09. The maximum atomic E-state index is 11.5. The zero-order valence-corrected chi connectivity index (χ0v) is 10.6. The van der Waals surface area contributed by atoms with E-state index in [1.807, 2.05) is 6.92 Å². The molecular formula is C12H21NO5. The quantitative estimate of drug-likeness (QED) is 0.576. The molecule has 0 aliphatic heterocycles. The summed E-state index contributed by atoms with van der Waals surface area (Å²) in [6.07, 6.45) is 1.20. The van der Waals surface area contributed by atoms with Crippen LogP contribution in [0.4, 0.5) is 0 Å². The number of rotatable bonds is 8. The van der Waals surface area contributed by atoms with Gasteiger partial charge in [0.25, 0.3) is 0 Å². The molecule has 104 valence electrons. The van der Waals surface area contributed by atoms with Gasteiger partial charge in [-0.05, 0) is 25.7 Å². The normalized spacial score (nSPS) is 24.1. The van der Waals surface area contributed by atoms with E-state index in [1.165, 1.54) is 0 Å². The van der Waals surface area contributed by atoms with Crippen LogP contribution in [0.3, 0.4) is 0 Å². The van der Waals surface area contributed by atoms with E-state index in [9.17, 15) is 9.59 Å². The van der Waals surface area contributed by atoms with Gasteiger partial charge in [-0.15, -0.1) is 0 Å². The van der Waals surface area contributed by atoms with Crippen LogP contribution in [0.25, 0.3) is 0 Å². The molecular weight excluding hydrogens is 238 g/mol. The van der Waals surface area contributed by atoms with Crippen LogP contribution in [0.1, 0.15) is 32.6 Å². The van der Waals surface area contributed by atoms with Crippen LogP contribution in [0.15, 0.2) is 0 Å². The van der Waals surface area contributed by atoms with Gasteiger partial charge >= 0.3 is 5.97 Å². The lowest BCUT2D eigenvalue weighted by molar-refractivity contribution is -0.147. The molecule has 0 aromatic heterocycles. The van der Waals surface area contributed by atoms with Crippen molar-refractivity contribution in [1.29, 1.82) is 0 Å². The van der Waals surface area contributed by atoms with Crippen LogP contribution < -0.4 is 5.32 Å². The molecule has 1 atom stereocenters. The summed E-state index contributed by atoms with van der Waals surface area (Å²) in [5, 5.41) is 20.1. The van der Waals surface area contributed by atoms with E-state index in [0.29, 0.717) is 25.0 Å². The minimum Gasteiger partial charge on any atom is -0.479 e. The molecule has 0 aromatic rings. The lowest BCUT2D eigenvalue weighted by Crippen LogP contribution is -2.36. The summed E-state index contributed by atoms with van der Waals surface area (Å²) in [5.74, 6) is -0.985. The zero-order chi connectivity index (χ0) is 13.5. The van der Waals surface area contributed by atoms with Crippen molar-refractivity contribution in [2.24, 2.45) is 5.92 Å². The second-order valence-corrected chi connectivity index (χ2v) is 4.61. The summed E-state index contributed by atoms with van der Waals surface area (Å²) in [6, 6.07) is 0. The average Bonchev–Trinajstić information content (AvgIpc) is 2.26. The topological polar surface area (TPSA) is 95.9 Å². The highest BCUT2D eigenvalue weighted by molar-refractivity contribution is 5.76. The lowest BCUT2D eigenvalue weighted by atomic mass is 9.80. The zero-order valence-electron chi connectivity index (χ0n) is 10.6. The molecule has 1 aliphatic rings. The fourth-order valence-electron chi connectivity index (χ4n) is 2.02. The molecule has 0 aromatic carbocycles. The van der Waals surface area contributed by atoms with Crippen molar-refractivity contribution in [3.8, 4) is 0 Å². The van der Waals surface area contributed by atoms with Gasteiger partial charge in [0.15, 0.2) is 6.10 Å². The predicted molar refractivity (Wildman–Crippen MR) is 64.0 cm³/mol. The van der Waals surface area contributed by atoms with E-state index in [1.54, 1.807) is 0 Å². The highest BCUT2D eigenvalue weighted by Gasteiger charge is 2.30. The van der Waals surface area contributed by atoms with Crippen LogP contribution in [-0.4, -0.2) is 47.4 Å². The summed E-state index contributed by atoms with van der Waals surface area (Å²) in [4.78, 5) is 21.8. The molecule has 0 heterocycles. The first-order valence-corrected chi connectivity index (χ1v) is 6.32. The van der Waals surface area contributed by atoms with Crippen LogP contribution in [0, 0.1) is 5.92 Å². The van der Waals surface area contributed by atoms with Crippen LogP contribution >= 0.6 is 0 Å². The highest BCUT2D eigenvalue weighted by Crippen LogP contribution is 2.32. The van der Waals surface area contributed by atoms with E-state index < -0.39 is 12.1 Å². The van der Waals surface area contributed by atoms with Crippen molar-refractivity contribution in [1.82, 2.24) is 5.32 Å². The van der Waals surface area contributed by atoms with E-state index in [4.69, 9.17) is 14.9 Å². The number of nitrogens with one attached hydrogen (secondary N) is 1. The van der Waals surface area contributed by atoms with Crippen molar-refractivity contribution in [3.05, 3.63) is 0 Å². The fraction of sp³-hybridized carbons (Fsp3) is 0.833. The third kappa shape index (κ3) is 5.01. The van der Waals surface area contributed by atoms with E-state index in [2.05, 4.69) is 5.32 Å². The van der Waals surface area contributed by atoms with Gasteiger partial charge in [0.2, 0.25) is 5.91 Å². The van der Waals surface area contributed by atoms with Gasteiger partial charge in [0.1, 0.15) is 0 Å². The Morgan fingerprint density at radius 1 is 1.44 bits per heavy atom. The van der Waals surface area contributed by atoms with Gasteiger partial charge in [-0.1, -0.05) is 0 Å². The molecule has 1 saturated carbocycles. The molecule has 0 unspecified atom stereocenters. The van der Waals surface area contributed by atoms with Gasteiger partial charge in [0.05, 0.1) is 6.10 Å². The second-order valence-electron chi connectivity index (χ2n) is 4.61. The molecule has 6 nitrogen and oxygen atoms in total. The highest BCUT2D eigenvalue weighted by atomic mass is 16.5. The fourth-order valence-corrected chi connectivity index (χ4v) is 2.02. The molecule has 1 rings (SSSR count). The van der Waals surface area contributed by atoms with Crippen molar-refractivity contribution in [2.45, 2.75) is 44.8 Å². The number of aliphatic hydroxyl groups is 1. The van der Waals surface area contributed by atoms with E-state index >= 15 is 0 Å². The molecule has 6 heteroatoms. The number of hydrogen-bond acceptors (Lipinski definition) is 4. The summed E-state index contributed by atoms with van der Waals surface area (Å²) < 4.78 is 5.40. The predicted octanol–water partition coefficient (Wildman–Crippen LogP) is 0.143. The van der Waals surface area contributed by atoms with Crippen molar-refractivity contribution in [3.63, 3.8) is 0 Å². The number of carbonyl (C=O) groups is 2.